The molecule has 1 saturated heterocycles. The van der Waals surface area contributed by atoms with Crippen LogP contribution in [0.3, 0.4) is 0 Å². The predicted molar refractivity (Wildman–Crippen MR) is 212 cm³/mol. The summed E-state index contributed by atoms with van der Waals surface area (Å²) >= 11 is 2.30. The molecular formula is C47H66N2S. The van der Waals surface area contributed by atoms with E-state index in [1.807, 2.05) is 16.1 Å². The van der Waals surface area contributed by atoms with Gasteiger partial charge in [0.2, 0.25) is 0 Å². The summed E-state index contributed by atoms with van der Waals surface area (Å²) in [4.78, 5) is 7.46. The highest BCUT2D eigenvalue weighted by molar-refractivity contribution is 8.03. The summed E-state index contributed by atoms with van der Waals surface area (Å²) in [6, 6.07) is 1.24. The zero-order valence-electron chi connectivity index (χ0n) is 31.1. The summed E-state index contributed by atoms with van der Waals surface area (Å²) in [6.07, 6.45) is 51.2. The molecule has 270 valence electrons. The van der Waals surface area contributed by atoms with Gasteiger partial charge in [-0.15, -0.1) is 11.8 Å². The highest BCUT2D eigenvalue weighted by Gasteiger charge is 2.64. The maximum absolute atomic E-state index is 5.65. The number of aliphatic imine (C=N–C) groups is 1. The average molecular weight is 691 g/mol. The van der Waals surface area contributed by atoms with Crippen molar-refractivity contribution in [2.45, 2.75) is 165 Å². The van der Waals surface area contributed by atoms with Crippen LogP contribution in [0.5, 0.6) is 0 Å². The SMILES string of the molecule is C1=CC2SC3=CCCCC3C3(C4=C(CCCC4)C4C=CC(C5C=CC(C6=NC(C7CCCCC7)CC(C7CCCCC7)N6)CC5)CC43)C2CC1. The van der Waals surface area contributed by atoms with Crippen LogP contribution in [0, 0.1) is 58.7 Å². The predicted octanol–water partition coefficient (Wildman–Crippen LogP) is 12.3. The number of thioether (sulfide) groups is 1. The maximum atomic E-state index is 5.65. The minimum Gasteiger partial charge on any atom is -0.370 e. The van der Waals surface area contributed by atoms with Crippen molar-refractivity contribution in [3.8, 4) is 0 Å². The van der Waals surface area contributed by atoms with E-state index in [4.69, 9.17) is 4.99 Å². The van der Waals surface area contributed by atoms with Crippen LogP contribution in [0.15, 0.2) is 63.6 Å². The maximum Gasteiger partial charge on any atom is 0.104 e. The molecule has 0 aromatic heterocycles. The van der Waals surface area contributed by atoms with Gasteiger partial charge in [0, 0.05) is 28.5 Å². The van der Waals surface area contributed by atoms with E-state index in [0.29, 0.717) is 40.5 Å². The number of nitrogens with zero attached hydrogens (tertiary/aromatic N) is 1. The number of amidine groups is 1. The fourth-order valence-electron chi connectivity index (χ4n) is 14.4. The molecule has 2 heterocycles. The first-order chi connectivity index (χ1) is 24.8. The summed E-state index contributed by atoms with van der Waals surface area (Å²) in [6.45, 7) is 0. The van der Waals surface area contributed by atoms with Crippen molar-refractivity contribution in [3.05, 3.63) is 58.6 Å². The molecule has 3 heteroatoms. The van der Waals surface area contributed by atoms with Gasteiger partial charge in [0.25, 0.3) is 0 Å². The fourth-order valence-corrected chi connectivity index (χ4v) is 16.2. The lowest BCUT2D eigenvalue weighted by Crippen LogP contribution is -2.53. The quantitative estimate of drug-likeness (QED) is 0.297. The van der Waals surface area contributed by atoms with Crippen LogP contribution >= 0.6 is 11.8 Å². The first-order valence-electron chi connectivity index (χ1n) is 22.2. The molecule has 0 aromatic carbocycles. The van der Waals surface area contributed by atoms with Crippen molar-refractivity contribution in [1.82, 2.24) is 5.32 Å². The van der Waals surface area contributed by atoms with E-state index in [0.717, 1.165) is 35.5 Å². The molecule has 2 nitrogen and oxygen atoms in total. The van der Waals surface area contributed by atoms with Gasteiger partial charge in [0.05, 0.1) is 6.04 Å². The lowest BCUT2D eigenvalue weighted by Gasteiger charge is -2.59. The van der Waals surface area contributed by atoms with E-state index < -0.39 is 0 Å². The Balaban J connectivity index is 0.920. The molecule has 1 spiro atoms. The molecule has 0 amide bonds. The van der Waals surface area contributed by atoms with Crippen LogP contribution in [0.1, 0.15) is 148 Å². The summed E-state index contributed by atoms with van der Waals surface area (Å²) < 4.78 is 0. The molecule has 0 aromatic rings. The third kappa shape index (κ3) is 5.66. The Labute approximate surface area is 309 Å². The molecule has 11 atom stereocenters. The molecule has 3 fully saturated rings. The zero-order valence-corrected chi connectivity index (χ0v) is 31.9. The van der Waals surface area contributed by atoms with Crippen molar-refractivity contribution < 1.29 is 0 Å². The minimum atomic E-state index is 0.431. The van der Waals surface area contributed by atoms with Crippen LogP contribution in [0.2, 0.25) is 0 Å². The van der Waals surface area contributed by atoms with Crippen molar-refractivity contribution in [1.29, 1.82) is 0 Å². The van der Waals surface area contributed by atoms with Crippen LogP contribution in [-0.2, 0) is 0 Å². The normalized spacial score (nSPS) is 44.9. The molecule has 11 unspecified atom stereocenters. The van der Waals surface area contributed by atoms with E-state index in [1.165, 1.54) is 154 Å². The fraction of sp³-hybridized carbons (Fsp3) is 0.766. The Morgan fingerprint density at radius 2 is 1.48 bits per heavy atom. The molecule has 0 radical (unpaired) electrons. The van der Waals surface area contributed by atoms with Crippen LogP contribution in [-0.4, -0.2) is 23.2 Å². The lowest BCUT2D eigenvalue weighted by molar-refractivity contribution is 0.0246. The van der Waals surface area contributed by atoms with Crippen LogP contribution < -0.4 is 5.32 Å². The van der Waals surface area contributed by atoms with Gasteiger partial charge in [0.1, 0.15) is 5.84 Å². The van der Waals surface area contributed by atoms with E-state index in [1.54, 1.807) is 0 Å². The largest absolute Gasteiger partial charge is 0.370 e. The topological polar surface area (TPSA) is 24.4 Å². The van der Waals surface area contributed by atoms with Gasteiger partial charge in [-0.2, -0.15) is 0 Å². The Morgan fingerprint density at radius 3 is 2.32 bits per heavy atom. The zero-order chi connectivity index (χ0) is 33.1. The monoisotopic (exact) mass is 690 g/mol. The Kier molecular flexibility index (Phi) is 9.31. The Hall–Kier alpha value is -1.48. The molecule has 50 heavy (non-hydrogen) atoms. The number of fused-ring (bicyclic) bond motifs is 8. The second kappa shape index (κ2) is 14.1. The minimum absolute atomic E-state index is 0.431. The highest BCUT2D eigenvalue weighted by atomic mass is 32.2. The van der Waals surface area contributed by atoms with Crippen molar-refractivity contribution >= 4 is 17.6 Å². The summed E-state index contributed by atoms with van der Waals surface area (Å²) in [5.41, 5.74) is 4.40. The summed E-state index contributed by atoms with van der Waals surface area (Å²) in [5.74, 6) is 8.23. The first kappa shape index (κ1) is 33.1. The molecule has 0 bridgehead atoms. The van der Waals surface area contributed by atoms with E-state index in [2.05, 4.69) is 59.6 Å². The first-order valence-corrected chi connectivity index (χ1v) is 23.1. The van der Waals surface area contributed by atoms with Crippen LogP contribution in [0.25, 0.3) is 0 Å². The number of hydrogen-bond donors (Lipinski definition) is 1. The molecular weight excluding hydrogens is 625 g/mol. The Bertz CT molecular complexity index is 1450. The second-order valence-corrected chi connectivity index (χ2v) is 20.2. The molecule has 1 N–H and O–H groups in total. The van der Waals surface area contributed by atoms with Gasteiger partial charge < -0.3 is 5.32 Å². The second-order valence-electron chi connectivity index (χ2n) is 18.9. The number of rotatable bonds is 4. The highest BCUT2D eigenvalue weighted by Crippen LogP contribution is 2.73. The molecule has 8 aliphatic carbocycles. The van der Waals surface area contributed by atoms with Gasteiger partial charge >= 0.3 is 0 Å². The average Bonchev–Trinajstić information content (AvgIpc) is 3.48. The van der Waals surface area contributed by atoms with E-state index in [-0.39, 0.29) is 0 Å². The van der Waals surface area contributed by atoms with Gasteiger partial charge in [-0.05, 0) is 155 Å². The van der Waals surface area contributed by atoms with E-state index in [9.17, 15) is 0 Å². The van der Waals surface area contributed by atoms with Crippen molar-refractivity contribution in [3.63, 3.8) is 0 Å². The Morgan fingerprint density at radius 1 is 0.660 bits per heavy atom. The number of allylic oxidation sites excluding steroid dienone is 8. The van der Waals surface area contributed by atoms with Gasteiger partial charge in [0.15, 0.2) is 0 Å². The molecule has 2 saturated carbocycles. The number of nitrogens with one attached hydrogen (secondary N) is 1. The molecule has 10 rings (SSSR count). The van der Waals surface area contributed by atoms with Crippen molar-refractivity contribution in [2.75, 3.05) is 0 Å². The van der Waals surface area contributed by atoms with Crippen LogP contribution in [0.4, 0.5) is 0 Å². The summed E-state index contributed by atoms with van der Waals surface area (Å²) in [7, 11) is 0. The number of hydrogen-bond acceptors (Lipinski definition) is 3. The summed E-state index contributed by atoms with van der Waals surface area (Å²) in [5, 5.41) is 4.88. The van der Waals surface area contributed by atoms with Gasteiger partial charge in [-0.1, -0.05) is 92.2 Å². The third-order valence-corrected chi connectivity index (χ3v) is 18.1. The van der Waals surface area contributed by atoms with E-state index >= 15 is 0 Å². The molecule has 10 aliphatic rings. The van der Waals surface area contributed by atoms with Gasteiger partial charge in [-0.3, -0.25) is 4.99 Å². The lowest BCUT2D eigenvalue weighted by atomic mass is 9.50. The smallest absolute Gasteiger partial charge is 0.104 e. The molecule has 2 aliphatic heterocycles. The van der Waals surface area contributed by atoms with Crippen molar-refractivity contribution in [2.24, 2.45) is 63.7 Å². The van der Waals surface area contributed by atoms with Gasteiger partial charge in [-0.25, -0.2) is 0 Å². The third-order valence-electron chi connectivity index (χ3n) is 16.6. The standard InChI is InChI=1S/C47H66N2S/c1-3-13-32(14-4-1)42-30-43(33-15-5-2-6-16-33)49-46(48-42)34-25-23-31(24-26-34)35-27-28-37-36-17-7-8-18-38(36)47(41(37)29-35)39-19-9-11-21-44(39)50-45-22-12-10-20-40(45)47/h11,21-23,25,27-28,31-35,37,39-44H,1-10,12-20,24,26,29-30H2,(H,48,49).